The molecule has 102 valence electrons. The Morgan fingerprint density at radius 1 is 1.47 bits per heavy atom. The summed E-state index contributed by atoms with van der Waals surface area (Å²) < 4.78 is 26.5. The van der Waals surface area contributed by atoms with Crippen LogP contribution in [0.3, 0.4) is 0 Å². The third kappa shape index (κ3) is 7.27. The van der Waals surface area contributed by atoms with Crippen molar-refractivity contribution in [1.29, 1.82) is 0 Å². The predicted octanol–water partition coefficient (Wildman–Crippen LogP) is -0.754. The molecule has 0 aromatic heterocycles. The number of nitrogens with one attached hydrogen (secondary N) is 1. The van der Waals surface area contributed by atoms with Crippen LogP contribution in [0.25, 0.3) is 0 Å². The van der Waals surface area contributed by atoms with E-state index >= 15 is 0 Å². The highest BCUT2D eigenvalue weighted by Gasteiger charge is 2.18. The summed E-state index contributed by atoms with van der Waals surface area (Å²) in [6, 6.07) is 0. The van der Waals surface area contributed by atoms with Gasteiger partial charge in [-0.25, -0.2) is 4.72 Å². The van der Waals surface area contributed by atoms with Gasteiger partial charge in [0.1, 0.15) is 0 Å². The highest BCUT2D eigenvalue weighted by atomic mass is 32.2. The molecule has 0 saturated carbocycles. The van der Waals surface area contributed by atoms with Crippen molar-refractivity contribution >= 4 is 16.2 Å². The molecule has 0 saturated heterocycles. The molecular weight excluding hydrogens is 248 g/mol. The lowest BCUT2D eigenvalue weighted by atomic mass is 10.1. The summed E-state index contributed by atoms with van der Waals surface area (Å²) in [6.07, 6.45) is 0.283. The molecule has 17 heavy (non-hydrogen) atoms. The molecule has 1 atom stereocenters. The zero-order valence-corrected chi connectivity index (χ0v) is 10.9. The molecule has 0 fully saturated rings. The van der Waals surface area contributed by atoms with Crippen LogP contribution in [0.5, 0.6) is 0 Å². The van der Waals surface area contributed by atoms with Crippen LogP contribution < -0.4 is 4.72 Å². The number of rotatable bonds is 9. The minimum atomic E-state index is -3.63. The Bertz CT molecular complexity index is 330. The number of hydrogen-bond acceptors (Lipinski definition) is 4. The van der Waals surface area contributed by atoms with E-state index in [0.717, 1.165) is 4.31 Å². The van der Waals surface area contributed by atoms with Crippen molar-refractivity contribution in [2.45, 2.75) is 19.8 Å². The molecule has 7 nitrogen and oxygen atoms in total. The van der Waals surface area contributed by atoms with Gasteiger partial charge in [0.2, 0.25) is 0 Å². The lowest BCUT2D eigenvalue weighted by Crippen LogP contribution is -2.41. The Morgan fingerprint density at radius 3 is 2.53 bits per heavy atom. The van der Waals surface area contributed by atoms with Gasteiger partial charge in [-0.1, -0.05) is 6.92 Å². The van der Waals surface area contributed by atoms with Gasteiger partial charge in [0.05, 0.1) is 6.42 Å². The maximum atomic E-state index is 11.6. The molecule has 3 N–H and O–H groups in total. The first-order chi connectivity index (χ1) is 7.79. The zero-order chi connectivity index (χ0) is 13.5. The lowest BCUT2D eigenvalue weighted by Gasteiger charge is -2.18. The second-order valence-corrected chi connectivity index (χ2v) is 5.80. The number of carbonyl (C=O) groups is 1. The fourth-order valence-corrected chi connectivity index (χ4v) is 2.10. The molecule has 0 spiro atoms. The average Bonchev–Trinajstić information content (AvgIpc) is 2.23. The quantitative estimate of drug-likeness (QED) is 0.510. The van der Waals surface area contributed by atoms with Crippen LogP contribution in [0.4, 0.5) is 0 Å². The SMILES string of the molecule is CC(CCO)CNS(=O)(=O)N(C)CCC(=O)O. The molecule has 0 aliphatic rings. The number of aliphatic hydroxyl groups is 1. The summed E-state index contributed by atoms with van der Waals surface area (Å²) in [4.78, 5) is 10.3. The van der Waals surface area contributed by atoms with E-state index in [9.17, 15) is 13.2 Å². The summed E-state index contributed by atoms with van der Waals surface area (Å²) in [5.74, 6) is -1.01. The third-order valence-electron chi connectivity index (χ3n) is 2.29. The molecular formula is C9H20N2O5S. The Balaban J connectivity index is 4.13. The Morgan fingerprint density at radius 2 is 2.06 bits per heavy atom. The largest absolute Gasteiger partial charge is 0.481 e. The first-order valence-electron chi connectivity index (χ1n) is 5.33. The molecule has 0 bridgehead atoms. The van der Waals surface area contributed by atoms with E-state index in [0.29, 0.717) is 6.42 Å². The van der Waals surface area contributed by atoms with Gasteiger partial charge in [0, 0.05) is 26.7 Å². The number of aliphatic carboxylic acids is 1. The summed E-state index contributed by atoms with van der Waals surface area (Å²) in [6.45, 7) is 1.98. The summed E-state index contributed by atoms with van der Waals surface area (Å²) in [7, 11) is -2.31. The van der Waals surface area contributed by atoms with Crippen LogP contribution in [0.15, 0.2) is 0 Å². The predicted molar refractivity (Wildman–Crippen MR) is 62.7 cm³/mol. The summed E-state index contributed by atoms with van der Waals surface area (Å²) in [5, 5.41) is 17.1. The van der Waals surface area contributed by atoms with Crippen molar-refractivity contribution in [2.24, 2.45) is 5.92 Å². The van der Waals surface area contributed by atoms with Gasteiger partial charge in [-0.15, -0.1) is 0 Å². The van der Waals surface area contributed by atoms with Gasteiger partial charge >= 0.3 is 5.97 Å². The van der Waals surface area contributed by atoms with E-state index in [-0.39, 0.29) is 32.0 Å². The maximum Gasteiger partial charge on any atom is 0.304 e. The molecule has 0 aromatic carbocycles. The highest BCUT2D eigenvalue weighted by Crippen LogP contribution is 2.01. The Hall–Kier alpha value is -0.700. The van der Waals surface area contributed by atoms with Gasteiger partial charge in [-0.3, -0.25) is 4.79 Å². The standard InChI is InChI=1S/C9H20N2O5S/c1-8(4-6-12)7-10-17(15,16)11(2)5-3-9(13)14/h8,10,12H,3-7H2,1-2H3,(H,13,14). The van der Waals surface area contributed by atoms with Crippen molar-refractivity contribution in [3.63, 3.8) is 0 Å². The molecule has 1 unspecified atom stereocenters. The topological polar surface area (TPSA) is 107 Å². The van der Waals surface area contributed by atoms with E-state index in [2.05, 4.69) is 4.72 Å². The minimum absolute atomic E-state index is 0.0117. The fraction of sp³-hybridized carbons (Fsp3) is 0.889. The first kappa shape index (κ1) is 16.3. The highest BCUT2D eigenvalue weighted by molar-refractivity contribution is 7.87. The van der Waals surface area contributed by atoms with Crippen molar-refractivity contribution in [1.82, 2.24) is 9.03 Å². The third-order valence-corrected chi connectivity index (χ3v) is 3.82. The van der Waals surface area contributed by atoms with E-state index < -0.39 is 16.2 Å². The number of aliphatic hydroxyl groups excluding tert-OH is 1. The van der Waals surface area contributed by atoms with Crippen molar-refractivity contribution < 1.29 is 23.4 Å². The number of nitrogens with zero attached hydrogens (tertiary/aromatic N) is 1. The number of carboxylic acid groups (broad SMARTS) is 1. The molecule has 0 radical (unpaired) electrons. The first-order valence-corrected chi connectivity index (χ1v) is 6.77. The van der Waals surface area contributed by atoms with Gasteiger partial charge in [0.25, 0.3) is 10.2 Å². The van der Waals surface area contributed by atoms with Gasteiger partial charge in [-0.2, -0.15) is 12.7 Å². The summed E-state index contributed by atoms with van der Waals surface area (Å²) in [5.41, 5.74) is 0. The fourth-order valence-electron chi connectivity index (χ4n) is 1.05. The molecule has 0 aromatic rings. The lowest BCUT2D eigenvalue weighted by molar-refractivity contribution is -0.137. The maximum absolute atomic E-state index is 11.6. The smallest absolute Gasteiger partial charge is 0.304 e. The van der Waals surface area contributed by atoms with Crippen molar-refractivity contribution in [2.75, 3.05) is 26.7 Å². The molecule has 0 heterocycles. The van der Waals surface area contributed by atoms with Crippen molar-refractivity contribution in [3.8, 4) is 0 Å². The van der Waals surface area contributed by atoms with Crippen LogP contribution in [0, 0.1) is 5.92 Å². The Kier molecular flexibility index (Phi) is 7.28. The molecule has 0 rings (SSSR count). The average molecular weight is 268 g/mol. The zero-order valence-electron chi connectivity index (χ0n) is 10.1. The van der Waals surface area contributed by atoms with Crippen LogP contribution in [-0.2, 0) is 15.0 Å². The van der Waals surface area contributed by atoms with E-state index in [1.807, 2.05) is 6.92 Å². The minimum Gasteiger partial charge on any atom is -0.481 e. The molecule has 0 amide bonds. The number of carboxylic acids is 1. The van der Waals surface area contributed by atoms with Crippen LogP contribution in [0.1, 0.15) is 19.8 Å². The molecule has 0 aliphatic heterocycles. The van der Waals surface area contributed by atoms with Crippen molar-refractivity contribution in [3.05, 3.63) is 0 Å². The van der Waals surface area contributed by atoms with Gasteiger partial charge in [-0.05, 0) is 12.3 Å². The molecule has 0 aliphatic carbocycles. The van der Waals surface area contributed by atoms with Crippen LogP contribution in [0.2, 0.25) is 0 Å². The van der Waals surface area contributed by atoms with Crippen LogP contribution >= 0.6 is 0 Å². The van der Waals surface area contributed by atoms with Gasteiger partial charge < -0.3 is 10.2 Å². The monoisotopic (exact) mass is 268 g/mol. The van der Waals surface area contributed by atoms with E-state index in [4.69, 9.17) is 10.2 Å². The second kappa shape index (κ2) is 7.59. The molecule has 8 heteroatoms. The van der Waals surface area contributed by atoms with E-state index in [1.165, 1.54) is 7.05 Å². The van der Waals surface area contributed by atoms with Crippen LogP contribution in [-0.4, -0.2) is 55.6 Å². The number of hydrogen-bond donors (Lipinski definition) is 3. The van der Waals surface area contributed by atoms with E-state index in [1.54, 1.807) is 0 Å². The summed E-state index contributed by atoms with van der Waals surface area (Å²) >= 11 is 0. The normalized spacial score (nSPS) is 13.9. The Labute approximate surface area is 102 Å². The second-order valence-electron chi connectivity index (χ2n) is 3.94. The van der Waals surface area contributed by atoms with Gasteiger partial charge in [0.15, 0.2) is 0 Å².